The number of hydrogen-bond acceptors (Lipinski definition) is 7. The van der Waals surface area contributed by atoms with Crippen LogP contribution in [0.15, 0.2) is 46.2 Å². The van der Waals surface area contributed by atoms with Crippen molar-refractivity contribution in [3.63, 3.8) is 0 Å². The van der Waals surface area contributed by atoms with Crippen LogP contribution in [0.4, 0.5) is 0 Å². The van der Waals surface area contributed by atoms with E-state index in [1.807, 2.05) is 42.7 Å². The minimum atomic E-state index is -0.325. The molecule has 7 nitrogen and oxygen atoms in total. The quantitative estimate of drug-likeness (QED) is 0.430. The van der Waals surface area contributed by atoms with Gasteiger partial charge in [0.15, 0.2) is 16.7 Å². The predicted molar refractivity (Wildman–Crippen MR) is 102 cm³/mol. The van der Waals surface area contributed by atoms with Crippen LogP contribution < -0.4 is 4.74 Å². The van der Waals surface area contributed by atoms with Crippen LogP contribution in [-0.4, -0.2) is 33.6 Å². The van der Waals surface area contributed by atoms with Crippen molar-refractivity contribution in [3.05, 3.63) is 47.7 Å². The van der Waals surface area contributed by atoms with Crippen molar-refractivity contribution in [2.45, 2.75) is 32.2 Å². The molecule has 3 rings (SSSR count). The van der Waals surface area contributed by atoms with Crippen molar-refractivity contribution in [2.75, 3.05) is 12.9 Å². The molecule has 0 unspecified atom stereocenters. The Kier molecular flexibility index (Phi) is 6.18. The van der Waals surface area contributed by atoms with Crippen molar-refractivity contribution in [2.24, 2.45) is 0 Å². The van der Waals surface area contributed by atoms with Gasteiger partial charge >= 0.3 is 5.97 Å². The van der Waals surface area contributed by atoms with E-state index < -0.39 is 0 Å². The number of benzene rings is 1. The number of rotatable bonds is 8. The Morgan fingerprint density at radius 1 is 1.30 bits per heavy atom. The fourth-order valence-corrected chi connectivity index (χ4v) is 3.41. The van der Waals surface area contributed by atoms with E-state index in [1.54, 1.807) is 19.4 Å². The predicted octanol–water partition coefficient (Wildman–Crippen LogP) is 3.71. The first-order valence-electron chi connectivity index (χ1n) is 8.51. The second-order valence-electron chi connectivity index (χ2n) is 5.79. The molecule has 3 aromatic rings. The van der Waals surface area contributed by atoms with Gasteiger partial charge in [0.25, 0.3) is 0 Å². The van der Waals surface area contributed by atoms with Crippen molar-refractivity contribution >= 4 is 17.7 Å². The van der Waals surface area contributed by atoms with Gasteiger partial charge in [0.05, 0.1) is 19.1 Å². The number of ether oxygens (including phenoxy) is 2. The summed E-state index contributed by atoms with van der Waals surface area (Å²) in [6.07, 6.45) is 1.59. The molecule has 0 amide bonds. The van der Waals surface area contributed by atoms with Crippen LogP contribution in [-0.2, 0) is 22.7 Å². The maximum Gasteiger partial charge on any atom is 0.316 e. The summed E-state index contributed by atoms with van der Waals surface area (Å²) in [6, 6.07) is 9.39. The van der Waals surface area contributed by atoms with Gasteiger partial charge in [-0.05, 0) is 38.1 Å². The van der Waals surface area contributed by atoms with Crippen LogP contribution in [0.2, 0.25) is 0 Å². The third-order valence-corrected chi connectivity index (χ3v) is 4.86. The maximum absolute atomic E-state index is 12.1. The lowest BCUT2D eigenvalue weighted by Gasteiger charge is -2.10. The fraction of sp³-hybridized carbons (Fsp3) is 0.316. The minimum absolute atomic E-state index is 0.143. The van der Waals surface area contributed by atoms with E-state index in [2.05, 4.69) is 10.2 Å². The molecular formula is C19H21N3O4S. The fourth-order valence-electron chi connectivity index (χ4n) is 2.61. The molecule has 0 N–H and O–H groups in total. The molecule has 2 aromatic heterocycles. The molecule has 0 fully saturated rings. The first-order chi connectivity index (χ1) is 13.1. The molecule has 0 spiro atoms. The van der Waals surface area contributed by atoms with Crippen LogP contribution in [0.5, 0.6) is 5.75 Å². The van der Waals surface area contributed by atoms with E-state index in [0.717, 1.165) is 11.1 Å². The zero-order valence-electron chi connectivity index (χ0n) is 15.5. The van der Waals surface area contributed by atoms with Gasteiger partial charge < -0.3 is 13.9 Å². The molecular weight excluding hydrogens is 366 g/mol. The van der Waals surface area contributed by atoms with Crippen LogP contribution >= 0.6 is 11.8 Å². The van der Waals surface area contributed by atoms with Crippen LogP contribution in [0.25, 0.3) is 11.6 Å². The lowest BCUT2D eigenvalue weighted by atomic mass is 10.1. The molecule has 0 aliphatic rings. The van der Waals surface area contributed by atoms with E-state index in [1.165, 1.54) is 11.8 Å². The lowest BCUT2D eigenvalue weighted by molar-refractivity contribution is -0.141. The van der Waals surface area contributed by atoms with Crippen LogP contribution in [0.1, 0.15) is 18.1 Å². The first-order valence-corrected chi connectivity index (χ1v) is 9.50. The molecule has 0 radical (unpaired) electrons. The highest BCUT2D eigenvalue weighted by Gasteiger charge is 2.17. The Bertz CT molecular complexity index is 906. The highest BCUT2D eigenvalue weighted by atomic mass is 32.2. The van der Waals surface area contributed by atoms with Gasteiger partial charge in [0, 0.05) is 12.1 Å². The number of aryl methyl sites for hydroxylation is 1. The van der Waals surface area contributed by atoms with Crippen molar-refractivity contribution in [3.8, 4) is 17.3 Å². The number of carbonyl (C=O) groups is 1. The molecule has 142 valence electrons. The Morgan fingerprint density at radius 3 is 2.85 bits per heavy atom. The molecule has 1 aromatic carbocycles. The normalized spacial score (nSPS) is 10.8. The van der Waals surface area contributed by atoms with Crippen molar-refractivity contribution in [1.29, 1.82) is 0 Å². The van der Waals surface area contributed by atoms with Crippen LogP contribution in [0.3, 0.4) is 0 Å². The molecule has 0 aliphatic carbocycles. The van der Waals surface area contributed by atoms with E-state index in [4.69, 9.17) is 13.9 Å². The molecule has 0 atom stereocenters. The van der Waals surface area contributed by atoms with Gasteiger partial charge in [-0.25, -0.2) is 0 Å². The number of nitrogens with zero attached hydrogens (tertiary/aromatic N) is 3. The van der Waals surface area contributed by atoms with E-state index >= 15 is 0 Å². The Hall–Kier alpha value is -2.74. The highest BCUT2D eigenvalue weighted by Crippen LogP contribution is 2.25. The molecule has 0 saturated carbocycles. The summed E-state index contributed by atoms with van der Waals surface area (Å²) in [5.74, 6) is 1.81. The average Bonchev–Trinajstić information content (AvgIpc) is 3.33. The maximum atomic E-state index is 12.1. The molecule has 0 aliphatic heterocycles. The van der Waals surface area contributed by atoms with Gasteiger partial charge in [-0.15, -0.1) is 10.2 Å². The number of furan rings is 1. The summed E-state index contributed by atoms with van der Waals surface area (Å²) in [5.41, 5.74) is 1.92. The smallest absolute Gasteiger partial charge is 0.316 e. The van der Waals surface area contributed by atoms with Crippen molar-refractivity contribution < 1.29 is 18.7 Å². The van der Waals surface area contributed by atoms with Crippen LogP contribution in [0, 0.1) is 6.92 Å². The van der Waals surface area contributed by atoms with Gasteiger partial charge in [-0.2, -0.15) is 0 Å². The SMILES string of the molecule is CCn1c(SCC(=O)OCc2cc(C)ccc2OC)nnc1-c1ccco1. The topological polar surface area (TPSA) is 79.4 Å². The number of thioether (sulfide) groups is 1. The van der Waals surface area contributed by atoms with E-state index in [0.29, 0.717) is 29.0 Å². The monoisotopic (exact) mass is 387 g/mol. The van der Waals surface area contributed by atoms with Gasteiger partial charge in [0.1, 0.15) is 12.4 Å². The number of hydrogen-bond donors (Lipinski definition) is 0. The molecule has 27 heavy (non-hydrogen) atoms. The summed E-state index contributed by atoms with van der Waals surface area (Å²) >= 11 is 1.29. The van der Waals surface area contributed by atoms with Gasteiger partial charge in [-0.3, -0.25) is 9.36 Å². The Balaban J connectivity index is 1.59. The number of aromatic nitrogens is 3. The van der Waals surface area contributed by atoms with E-state index in [9.17, 15) is 4.79 Å². The van der Waals surface area contributed by atoms with Gasteiger partial charge in [-0.1, -0.05) is 23.4 Å². The largest absolute Gasteiger partial charge is 0.496 e. The third-order valence-electron chi connectivity index (χ3n) is 3.92. The molecule has 8 heteroatoms. The molecule has 0 saturated heterocycles. The number of methoxy groups -OCH3 is 1. The minimum Gasteiger partial charge on any atom is -0.496 e. The Labute approximate surface area is 161 Å². The number of carbonyl (C=O) groups excluding carboxylic acids is 1. The van der Waals surface area contributed by atoms with Gasteiger partial charge in [0.2, 0.25) is 0 Å². The average molecular weight is 387 g/mol. The van der Waals surface area contributed by atoms with Crippen molar-refractivity contribution in [1.82, 2.24) is 14.8 Å². The summed E-state index contributed by atoms with van der Waals surface area (Å²) in [4.78, 5) is 12.1. The third kappa shape index (κ3) is 4.51. The highest BCUT2D eigenvalue weighted by molar-refractivity contribution is 7.99. The summed E-state index contributed by atoms with van der Waals surface area (Å²) in [5, 5.41) is 8.97. The standard InChI is InChI=1S/C19H21N3O4S/c1-4-22-18(16-6-5-9-25-16)20-21-19(22)27-12-17(23)26-11-14-10-13(2)7-8-15(14)24-3/h5-10H,4,11-12H2,1-3H3. The molecule has 2 heterocycles. The number of esters is 1. The summed E-state index contributed by atoms with van der Waals surface area (Å²) < 4.78 is 18.0. The zero-order valence-corrected chi connectivity index (χ0v) is 16.3. The molecule has 0 bridgehead atoms. The first kappa shape index (κ1) is 19.0. The summed E-state index contributed by atoms with van der Waals surface area (Å²) in [6.45, 7) is 4.81. The lowest BCUT2D eigenvalue weighted by Crippen LogP contribution is -2.09. The Morgan fingerprint density at radius 2 is 2.15 bits per heavy atom. The van der Waals surface area contributed by atoms with E-state index in [-0.39, 0.29) is 18.3 Å². The second-order valence-corrected chi connectivity index (χ2v) is 6.73. The zero-order chi connectivity index (χ0) is 19.2. The summed E-state index contributed by atoms with van der Waals surface area (Å²) in [7, 11) is 1.60. The second kappa shape index (κ2) is 8.77.